The highest BCUT2D eigenvalue weighted by Gasteiger charge is 2.15. The van der Waals surface area contributed by atoms with Gasteiger partial charge in [-0.2, -0.15) is 11.8 Å². The van der Waals surface area contributed by atoms with E-state index in [4.69, 9.17) is 14.5 Å². The van der Waals surface area contributed by atoms with Gasteiger partial charge in [0, 0.05) is 38.5 Å². The van der Waals surface area contributed by atoms with Crippen molar-refractivity contribution >= 4 is 17.7 Å². The van der Waals surface area contributed by atoms with Crippen LogP contribution in [-0.4, -0.2) is 50.4 Å². The van der Waals surface area contributed by atoms with Gasteiger partial charge >= 0.3 is 0 Å². The highest BCUT2D eigenvalue weighted by Crippen LogP contribution is 2.25. The molecule has 25 heavy (non-hydrogen) atoms. The predicted molar refractivity (Wildman–Crippen MR) is 107 cm³/mol. The molecule has 1 unspecified atom stereocenters. The van der Waals surface area contributed by atoms with E-state index in [1.54, 1.807) is 7.11 Å². The molecule has 140 valence electrons. The molecule has 1 aliphatic rings. The van der Waals surface area contributed by atoms with Crippen LogP contribution in [0.15, 0.2) is 29.3 Å². The summed E-state index contributed by atoms with van der Waals surface area (Å²) in [6, 6.07) is 8.15. The first-order valence-electron chi connectivity index (χ1n) is 9.16. The lowest BCUT2D eigenvalue weighted by Gasteiger charge is -2.14. The monoisotopic (exact) mass is 365 g/mol. The van der Waals surface area contributed by atoms with Crippen molar-refractivity contribution in [3.8, 4) is 5.75 Å². The number of methoxy groups -OCH3 is 1. The van der Waals surface area contributed by atoms with Gasteiger partial charge in [-0.1, -0.05) is 12.1 Å². The Morgan fingerprint density at radius 1 is 1.32 bits per heavy atom. The summed E-state index contributed by atoms with van der Waals surface area (Å²) in [7, 11) is 1.71. The Morgan fingerprint density at radius 3 is 3.00 bits per heavy atom. The van der Waals surface area contributed by atoms with Crippen LogP contribution in [0.2, 0.25) is 0 Å². The molecule has 6 heteroatoms. The van der Waals surface area contributed by atoms with Crippen molar-refractivity contribution in [1.29, 1.82) is 0 Å². The summed E-state index contributed by atoms with van der Waals surface area (Å²) >= 11 is 2.06. The highest BCUT2D eigenvalue weighted by molar-refractivity contribution is 8.00. The molecule has 2 N–H and O–H groups in total. The Kier molecular flexibility index (Phi) is 9.59. The lowest BCUT2D eigenvalue weighted by Crippen LogP contribution is -2.40. The fraction of sp³-hybridized carbons (Fsp3) is 0.632. The van der Waals surface area contributed by atoms with Crippen LogP contribution in [0.25, 0.3) is 0 Å². The zero-order valence-corrected chi connectivity index (χ0v) is 16.2. The van der Waals surface area contributed by atoms with E-state index in [1.807, 2.05) is 12.1 Å². The lowest BCUT2D eigenvalue weighted by molar-refractivity contribution is 0.172. The maximum Gasteiger partial charge on any atom is 0.191 e. The molecule has 1 aliphatic heterocycles. The summed E-state index contributed by atoms with van der Waals surface area (Å²) in [4.78, 5) is 4.71. The minimum atomic E-state index is 0.641. The molecule has 0 amide bonds. The Bertz CT molecular complexity index is 519. The molecule has 1 fully saturated rings. The van der Waals surface area contributed by atoms with Gasteiger partial charge in [0.1, 0.15) is 5.75 Å². The molecule has 1 aromatic rings. The molecule has 1 atom stereocenters. The molecule has 0 radical (unpaired) electrons. The Labute approximate surface area is 156 Å². The molecule has 0 aromatic heterocycles. The van der Waals surface area contributed by atoms with Gasteiger partial charge in [-0.05, 0) is 43.2 Å². The summed E-state index contributed by atoms with van der Waals surface area (Å²) in [5, 5.41) is 7.51. The van der Waals surface area contributed by atoms with Crippen LogP contribution in [0.5, 0.6) is 5.75 Å². The van der Waals surface area contributed by atoms with Gasteiger partial charge in [-0.25, -0.2) is 4.99 Å². The first-order valence-corrected chi connectivity index (χ1v) is 10.2. The zero-order valence-electron chi connectivity index (χ0n) is 15.4. The van der Waals surface area contributed by atoms with Gasteiger partial charge in [0.2, 0.25) is 0 Å². The fourth-order valence-corrected chi connectivity index (χ4v) is 3.86. The molecule has 0 spiro atoms. The number of nitrogens with zero attached hydrogens (tertiary/aromatic N) is 1. The third kappa shape index (κ3) is 8.01. The number of ether oxygens (including phenoxy) is 2. The molecule has 0 bridgehead atoms. The normalized spacial score (nSPS) is 17.5. The molecule has 0 aliphatic carbocycles. The van der Waals surface area contributed by atoms with Crippen LogP contribution in [-0.2, 0) is 11.3 Å². The summed E-state index contributed by atoms with van der Waals surface area (Å²) in [6.45, 7) is 5.98. The van der Waals surface area contributed by atoms with Crippen molar-refractivity contribution in [1.82, 2.24) is 10.6 Å². The van der Waals surface area contributed by atoms with Crippen LogP contribution < -0.4 is 15.4 Å². The maximum absolute atomic E-state index is 5.76. The molecule has 5 nitrogen and oxygen atoms in total. The van der Waals surface area contributed by atoms with E-state index < -0.39 is 0 Å². The summed E-state index contributed by atoms with van der Waals surface area (Å²) in [5.41, 5.74) is 1.15. The average Bonchev–Trinajstić information content (AvgIpc) is 3.15. The van der Waals surface area contributed by atoms with E-state index in [9.17, 15) is 0 Å². The van der Waals surface area contributed by atoms with Gasteiger partial charge in [0.25, 0.3) is 0 Å². The van der Waals surface area contributed by atoms with Crippen LogP contribution >= 0.6 is 11.8 Å². The SMILES string of the molecule is CCNC(=NCc1cccc(OCCCOC)c1)NCC1CCCS1. The number of thioether (sulfide) groups is 1. The van der Waals surface area contributed by atoms with E-state index in [1.165, 1.54) is 18.6 Å². The van der Waals surface area contributed by atoms with Crippen LogP contribution in [0.3, 0.4) is 0 Å². The van der Waals surface area contributed by atoms with Crippen LogP contribution in [0.4, 0.5) is 0 Å². The quantitative estimate of drug-likeness (QED) is 0.379. The van der Waals surface area contributed by atoms with Crippen LogP contribution in [0, 0.1) is 0 Å². The molecule has 1 aromatic carbocycles. The van der Waals surface area contributed by atoms with E-state index in [0.717, 1.165) is 43.4 Å². The third-order valence-electron chi connectivity index (χ3n) is 3.95. The van der Waals surface area contributed by atoms with Gasteiger partial charge in [0.05, 0.1) is 13.2 Å². The maximum atomic E-state index is 5.76. The lowest BCUT2D eigenvalue weighted by atomic mass is 10.2. The smallest absolute Gasteiger partial charge is 0.191 e. The fourth-order valence-electron chi connectivity index (χ4n) is 2.65. The standard InChI is InChI=1S/C19H31N3O2S/c1-3-20-19(22-15-18-9-5-12-25-18)21-14-16-7-4-8-17(13-16)24-11-6-10-23-2/h4,7-8,13,18H,3,5-6,9-12,14-15H2,1-2H3,(H2,20,21,22). The zero-order chi connectivity index (χ0) is 17.7. The van der Waals surface area contributed by atoms with Gasteiger partial charge in [-0.15, -0.1) is 0 Å². The Morgan fingerprint density at radius 2 is 2.24 bits per heavy atom. The van der Waals surface area contributed by atoms with Crippen molar-refractivity contribution in [2.45, 2.75) is 38.0 Å². The minimum absolute atomic E-state index is 0.641. The number of benzene rings is 1. The molecule has 1 saturated heterocycles. The number of aliphatic imine (C=N–C) groups is 1. The van der Waals surface area contributed by atoms with E-state index >= 15 is 0 Å². The van der Waals surface area contributed by atoms with Crippen molar-refractivity contribution in [3.63, 3.8) is 0 Å². The average molecular weight is 366 g/mol. The molecular weight excluding hydrogens is 334 g/mol. The highest BCUT2D eigenvalue weighted by atomic mass is 32.2. The van der Waals surface area contributed by atoms with Crippen molar-refractivity contribution in [2.75, 3.05) is 39.2 Å². The molecule has 2 rings (SSSR count). The van der Waals surface area contributed by atoms with Crippen molar-refractivity contribution < 1.29 is 9.47 Å². The number of guanidine groups is 1. The minimum Gasteiger partial charge on any atom is -0.493 e. The number of nitrogens with one attached hydrogen (secondary N) is 2. The first kappa shape index (κ1) is 19.9. The first-order chi connectivity index (χ1) is 12.3. The van der Waals surface area contributed by atoms with Crippen LogP contribution in [0.1, 0.15) is 31.7 Å². The van der Waals surface area contributed by atoms with E-state index in [0.29, 0.717) is 18.4 Å². The Balaban J connectivity index is 1.83. The number of hydrogen-bond donors (Lipinski definition) is 2. The summed E-state index contributed by atoms with van der Waals surface area (Å²) in [6.07, 6.45) is 3.54. The second-order valence-electron chi connectivity index (χ2n) is 6.05. The predicted octanol–water partition coefficient (Wildman–Crippen LogP) is 3.05. The van der Waals surface area contributed by atoms with E-state index in [2.05, 4.69) is 41.5 Å². The van der Waals surface area contributed by atoms with Gasteiger partial charge < -0.3 is 20.1 Å². The second-order valence-corrected chi connectivity index (χ2v) is 7.46. The van der Waals surface area contributed by atoms with Crippen molar-refractivity contribution in [2.24, 2.45) is 4.99 Å². The molecular formula is C19H31N3O2S. The Hall–Kier alpha value is -1.40. The summed E-state index contributed by atoms with van der Waals surface area (Å²) in [5.74, 6) is 3.07. The molecule has 1 heterocycles. The number of rotatable bonds is 10. The topological polar surface area (TPSA) is 54.9 Å². The van der Waals surface area contributed by atoms with E-state index in [-0.39, 0.29) is 0 Å². The third-order valence-corrected chi connectivity index (χ3v) is 5.34. The molecule has 0 saturated carbocycles. The van der Waals surface area contributed by atoms with Gasteiger partial charge in [0.15, 0.2) is 5.96 Å². The second kappa shape index (κ2) is 12.0. The van der Waals surface area contributed by atoms with Gasteiger partial charge in [-0.3, -0.25) is 0 Å². The summed E-state index contributed by atoms with van der Waals surface area (Å²) < 4.78 is 10.8. The number of hydrogen-bond acceptors (Lipinski definition) is 4. The van der Waals surface area contributed by atoms with Crippen molar-refractivity contribution in [3.05, 3.63) is 29.8 Å². The largest absolute Gasteiger partial charge is 0.493 e.